The van der Waals surface area contributed by atoms with Crippen LogP contribution in [0.25, 0.3) is 0 Å². The molecule has 0 radical (unpaired) electrons. The van der Waals surface area contributed by atoms with E-state index < -0.39 is 11.6 Å². The molecular weight excluding hydrogens is 392 g/mol. The van der Waals surface area contributed by atoms with Gasteiger partial charge in [-0.25, -0.2) is 8.78 Å². The first kappa shape index (κ1) is 15.4. The Morgan fingerprint density at radius 3 is 2.20 bits per heavy atom. The lowest BCUT2D eigenvalue weighted by atomic mass is 10.1. The van der Waals surface area contributed by atoms with Crippen LogP contribution in [0.1, 0.15) is 24.1 Å². The van der Waals surface area contributed by atoms with Gasteiger partial charge in [-0.2, -0.15) is 0 Å². The van der Waals surface area contributed by atoms with Gasteiger partial charge in [0, 0.05) is 20.6 Å². The van der Waals surface area contributed by atoms with Crippen LogP contribution in [0.3, 0.4) is 0 Å². The van der Waals surface area contributed by atoms with Crippen molar-refractivity contribution in [1.29, 1.82) is 0 Å². The Morgan fingerprint density at radius 2 is 1.65 bits per heavy atom. The molecule has 1 atom stereocenters. The molecule has 0 aromatic heterocycles. The summed E-state index contributed by atoms with van der Waals surface area (Å²) < 4.78 is 28.5. The SMILES string of the molecule is Cc1cc(Br)c(NC(C)c2ccc(F)cc2F)c(Br)c1. The topological polar surface area (TPSA) is 12.0 Å². The summed E-state index contributed by atoms with van der Waals surface area (Å²) in [5, 5.41) is 3.23. The van der Waals surface area contributed by atoms with Crippen molar-refractivity contribution < 1.29 is 8.78 Å². The third-order valence-electron chi connectivity index (χ3n) is 2.98. The number of anilines is 1. The van der Waals surface area contributed by atoms with Crippen molar-refractivity contribution in [1.82, 2.24) is 0 Å². The number of hydrogen-bond acceptors (Lipinski definition) is 1. The minimum atomic E-state index is -0.573. The van der Waals surface area contributed by atoms with E-state index in [1.54, 1.807) is 0 Å². The van der Waals surface area contributed by atoms with Gasteiger partial charge in [-0.3, -0.25) is 0 Å². The molecule has 1 unspecified atom stereocenters. The second kappa shape index (κ2) is 6.22. The summed E-state index contributed by atoms with van der Waals surface area (Å²) in [5.41, 5.74) is 2.37. The van der Waals surface area contributed by atoms with Crippen LogP contribution in [0, 0.1) is 18.6 Å². The van der Waals surface area contributed by atoms with Crippen molar-refractivity contribution in [2.75, 3.05) is 5.32 Å². The lowest BCUT2D eigenvalue weighted by molar-refractivity contribution is 0.566. The second-order valence-corrected chi connectivity index (χ2v) is 6.34. The van der Waals surface area contributed by atoms with Gasteiger partial charge in [0.2, 0.25) is 0 Å². The van der Waals surface area contributed by atoms with Gasteiger partial charge in [0.15, 0.2) is 0 Å². The highest BCUT2D eigenvalue weighted by Crippen LogP contribution is 2.35. The van der Waals surface area contributed by atoms with Crippen LogP contribution in [0.4, 0.5) is 14.5 Å². The van der Waals surface area contributed by atoms with Gasteiger partial charge in [0.25, 0.3) is 0 Å². The molecule has 5 heteroatoms. The Bertz CT molecular complexity index is 621. The number of hydrogen-bond donors (Lipinski definition) is 1. The van der Waals surface area contributed by atoms with Crippen molar-refractivity contribution >= 4 is 37.5 Å². The molecule has 106 valence electrons. The maximum Gasteiger partial charge on any atom is 0.131 e. The predicted octanol–water partition coefficient (Wildman–Crippen LogP) is 5.97. The molecule has 0 aliphatic carbocycles. The van der Waals surface area contributed by atoms with Gasteiger partial charge < -0.3 is 5.32 Å². The lowest BCUT2D eigenvalue weighted by Gasteiger charge is -2.19. The molecule has 2 aromatic carbocycles. The van der Waals surface area contributed by atoms with Crippen LogP contribution in [-0.4, -0.2) is 0 Å². The molecule has 0 aliphatic heterocycles. The van der Waals surface area contributed by atoms with Gasteiger partial charge in [0.1, 0.15) is 11.6 Å². The molecule has 0 saturated carbocycles. The summed E-state index contributed by atoms with van der Waals surface area (Å²) in [6.45, 7) is 3.82. The minimum absolute atomic E-state index is 0.286. The standard InChI is InChI=1S/C15H13Br2F2N/c1-8-5-12(16)15(13(17)6-8)20-9(2)11-4-3-10(18)7-14(11)19/h3-7,9,20H,1-2H3. The summed E-state index contributed by atoms with van der Waals surface area (Å²) in [6, 6.07) is 7.27. The third kappa shape index (κ3) is 3.38. The largest absolute Gasteiger partial charge is 0.377 e. The molecule has 0 amide bonds. The van der Waals surface area contributed by atoms with E-state index in [0.717, 1.165) is 26.3 Å². The van der Waals surface area contributed by atoms with Gasteiger partial charge >= 0.3 is 0 Å². The van der Waals surface area contributed by atoms with E-state index in [1.165, 1.54) is 12.1 Å². The number of rotatable bonds is 3. The van der Waals surface area contributed by atoms with Crippen molar-refractivity contribution in [3.05, 3.63) is 62.0 Å². The van der Waals surface area contributed by atoms with E-state index in [1.807, 2.05) is 26.0 Å². The van der Waals surface area contributed by atoms with Crippen LogP contribution in [0.15, 0.2) is 39.3 Å². The van der Waals surface area contributed by atoms with Crippen LogP contribution < -0.4 is 5.32 Å². The van der Waals surface area contributed by atoms with E-state index >= 15 is 0 Å². The van der Waals surface area contributed by atoms with Crippen LogP contribution in [0.2, 0.25) is 0 Å². The predicted molar refractivity (Wildman–Crippen MR) is 85.0 cm³/mol. The quantitative estimate of drug-likeness (QED) is 0.664. The highest BCUT2D eigenvalue weighted by Gasteiger charge is 2.14. The Labute approximate surface area is 133 Å². The summed E-state index contributed by atoms with van der Waals surface area (Å²) in [4.78, 5) is 0. The zero-order valence-electron chi connectivity index (χ0n) is 11.0. The Hall–Kier alpha value is -0.940. The first-order chi connectivity index (χ1) is 9.38. The molecular formula is C15H13Br2F2N. The molecule has 0 saturated heterocycles. The van der Waals surface area contributed by atoms with Gasteiger partial charge in [-0.15, -0.1) is 0 Å². The number of halogens is 4. The minimum Gasteiger partial charge on any atom is -0.377 e. The number of nitrogens with one attached hydrogen (secondary N) is 1. The monoisotopic (exact) mass is 403 g/mol. The number of aryl methyl sites for hydroxylation is 1. The smallest absolute Gasteiger partial charge is 0.131 e. The molecule has 20 heavy (non-hydrogen) atoms. The summed E-state index contributed by atoms with van der Waals surface area (Å²) in [7, 11) is 0. The summed E-state index contributed by atoms with van der Waals surface area (Å²) in [5.74, 6) is -1.12. The molecule has 0 spiro atoms. The maximum atomic E-state index is 13.8. The van der Waals surface area contributed by atoms with E-state index in [4.69, 9.17) is 0 Å². The fourth-order valence-corrected chi connectivity index (χ4v) is 3.63. The molecule has 1 nitrogen and oxygen atoms in total. The van der Waals surface area contributed by atoms with Gasteiger partial charge in [-0.05, 0) is 69.5 Å². The van der Waals surface area contributed by atoms with Crippen LogP contribution in [-0.2, 0) is 0 Å². The fourth-order valence-electron chi connectivity index (χ4n) is 1.98. The molecule has 0 aliphatic rings. The normalized spacial score (nSPS) is 12.3. The molecule has 0 bridgehead atoms. The average molecular weight is 405 g/mol. The van der Waals surface area contributed by atoms with Gasteiger partial charge in [0.05, 0.1) is 11.7 Å². The Kier molecular flexibility index (Phi) is 4.81. The highest BCUT2D eigenvalue weighted by molar-refractivity contribution is 9.11. The van der Waals surface area contributed by atoms with Crippen LogP contribution in [0.5, 0.6) is 0 Å². The third-order valence-corrected chi connectivity index (χ3v) is 4.23. The first-order valence-corrected chi connectivity index (χ1v) is 7.64. The van der Waals surface area contributed by atoms with Crippen LogP contribution >= 0.6 is 31.9 Å². The summed E-state index contributed by atoms with van der Waals surface area (Å²) in [6.07, 6.45) is 0. The second-order valence-electron chi connectivity index (χ2n) is 4.64. The maximum absolute atomic E-state index is 13.8. The van der Waals surface area contributed by atoms with Crippen molar-refractivity contribution in [3.63, 3.8) is 0 Å². The van der Waals surface area contributed by atoms with E-state index in [0.29, 0.717) is 5.56 Å². The molecule has 2 rings (SSSR count). The van der Waals surface area contributed by atoms with Crippen molar-refractivity contribution in [2.24, 2.45) is 0 Å². The summed E-state index contributed by atoms with van der Waals surface area (Å²) >= 11 is 6.97. The zero-order valence-corrected chi connectivity index (χ0v) is 14.1. The highest BCUT2D eigenvalue weighted by atomic mass is 79.9. The van der Waals surface area contributed by atoms with E-state index in [2.05, 4.69) is 37.2 Å². The lowest BCUT2D eigenvalue weighted by Crippen LogP contribution is -2.10. The Balaban J connectivity index is 2.30. The van der Waals surface area contributed by atoms with Gasteiger partial charge in [-0.1, -0.05) is 6.07 Å². The fraction of sp³-hybridized carbons (Fsp3) is 0.200. The first-order valence-electron chi connectivity index (χ1n) is 6.05. The van der Waals surface area contributed by atoms with E-state index in [-0.39, 0.29) is 6.04 Å². The zero-order chi connectivity index (χ0) is 14.9. The molecule has 0 fully saturated rings. The molecule has 0 heterocycles. The Morgan fingerprint density at radius 1 is 1.05 bits per heavy atom. The molecule has 2 aromatic rings. The average Bonchev–Trinajstić information content (AvgIpc) is 2.33. The van der Waals surface area contributed by atoms with E-state index in [9.17, 15) is 8.78 Å². The van der Waals surface area contributed by atoms with Crippen molar-refractivity contribution in [2.45, 2.75) is 19.9 Å². The van der Waals surface area contributed by atoms with Crippen molar-refractivity contribution in [3.8, 4) is 0 Å². The number of benzene rings is 2. The molecule has 1 N–H and O–H groups in total.